The van der Waals surface area contributed by atoms with Crippen molar-refractivity contribution in [2.24, 2.45) is 17.5 Å². The summed E-state index contributed by atoms with van der Waals surface area (Å²) >= 11 is 0. The van der Waals surface area contributed by atoms with Crippen LogP contribution in [0.1, 0.15) is 42.3 Å². The van der Waals surface area contributed by atoms with Crippen LogP contribution in [0.15, 0.2) is 18.2 Å². The van der Waals surface area contributed by atoms with E-state index in [4.69, 9.17) is 16.3 Å². The van der Waals surface area contributed by atoms with Gasteiger partial charge in [-0.15, -0.1) is 0 Å². The molecule has 1 aromatic carbocycles. The summed E-state index contributed by atoms with van der Waals surface area (Å²) in [6.45, 7) is 9.65. The highest BCUT2D eigenvalue weighted by Gasteiger charge is 2.26. The van der Waals surface area contributed by atoms with Crippen molar-refractivity contribution in [3.05, 3.63) is 34.9 Å². The van der Waals surface area contributed by atoms with E-state index in [1.54, 1.807) is 6.92 Å². The number of carbonyl (C=O) groups is 2. The summed E-state index contributed by atoms with van der Waals surface area (Å²) in [6, 6.07) is 5.18. The van der Waals surface area contributed by atoms with Crippen LogP contribution in [0.4, 0.5) is 17.5 Å². The molecule has 1 aromatic heterocycles. The highest BCUT2D eigenvalue weighted by atomic mass is 16.5. The predicted molar refractivity (Wildman–Crippen MR) is 112 cm³/mol. The summed E-state index contributed by atoms with van der Waals surface area (Å²) in [4.78, 5) is 32.3. The van der Waals surface area contributed by atoms with Gasteiger partial charge in [-0.25, -0.2) is 5.84 Å². The van der Waals surface area contributed by atoms with Gasteiger partial charge in [0.2, 0.25) is 11.8 Å². The zero-order chi connectivity index (χ0) is 21.7. The first kappa shape index (κ1) is 22.1. The number of amides is 1. The first-order valence-corrected chi connectivity index (χ1v) is 9.37. The number of hydrogen-bond acceptors (Lipinski definition) is 8. The smallest absolute Gasteiger partial charge is 0.258 e. The minimum absolute atomic E-state index is 0.000676. The van der Waals surface area contributed by atoms with Gasteiger partial charge in [0.25, 0.3) is 5.91 Å². The summed E-state index contributed by atoms with van der Waals surface area (Å²) in [5, 5.41) is 4.28. The normalized spacial score (nSPS) is 11.8. The van der Waals surface area contributed by atoms with Crippen LogP contribution in [0.25, 0.3) is 0 Å². The Morgan fingerprint density at radius 3 is 2.34 bits per heavy atom. The second kappa shape index (κ2) is 9.33. The lowest BCUT2D eigenvalue weighted by Crippen LogP contribution is -2.46. The molecule has 1 heterocycles. The molecule has 0 aliphatic heterocycles. The summed E-state index contributed by atoms with van der Waals surface area (Å²) in [5.74, 6) is 5.50. The van der Waals surface area contributed by atoms with E-state index in [-0.39, 0.29) is 35.7 Å². The SMILES string of the molecule is CCOc1nc(N(N)[C@@H](C=O)C(C)C)nc(Nc2cc(C)cc(C)c2)c1C(N)=O. The second-order valence-electron chi connectivity index (χ2n) is 7.13. The van der Waals surface area contributed by atoms with E-state index in [0.717, 1.165) is 28.1 Å². The molecule has 0 saturated heterocycles. The molecule has 1 atom stereocenters. The number of rotatable bonds is 9. The number of nitrogens with two attached hydrogens (primary N) is 2. The van der Waals surface area contributed by atoms with E-state index in [1.165, 1.54) is 0 Å². The first-order valence-electron chi connectivity index (χ1n) is 9.37. The van der Waals surface area contributed by atoms with Crippen molar-refractivity contribution in [3.63, 3.8) is 0 Å². The average Bonchev–Trinajstić information content (AvgIpc) is 2.60. The minimum Gasteiger partial charge on any atom is -0.477 e. The maximum Gasteiger partial charge on any atom is 0.258 e. The molecule has 0 unspecified atom stereocenters. The number of anilines is 3. The van der Waals surface area contributed by atoms with Crippen molar-refractivity contribution in [1.82, 2.24) is 9.97 Å². The fourth-order valence-electron chi connectivity index (χ4n) is 2.96. The van der Waals surface area contributed by atoms with E-state index < -0.39 is 11.9 Å². The standard InChI is InChI=1S/C20H28N6O3/c1-6-29-19-16(17(21)28)18(23-14-8-12(4)7-13(5)9-14)24-20(25-19)26(22)15(10-27)11(2)3/h7-11,15H,6,22H2,1-5H3,(H2,21,28)(H,23,24,25)/t15-/m0/s1. The van der Waals surface area contributed by atoms with Gasteiger partial charge in [0.1, 0.15) is 17.9 Å². The zero-order valence-electron chi connectivity index (χ0n) is 17.4. The molecule has 29 heavy (non-hydrogen) atoms. The number of benzene rings is 1. The molecule has 0 saturated carbocycles. The van der Waals surface area contributed by atoms with Crippen molar-refractivity contribution < 1.29 is 14.3 Å². The maximum atomic E-state index is 12.1. The van der Waals surface area contributed by atoms with E-state index in [2.05, 4.69) is 15.3 Å². The molecule has 0 radical (unpaired) electrons. The summed E-state index contributed by atoms with van der Waals surface area (Å²) in [6.07, 6.45) is 0.730. The number of nitrogens with one attached hydrogen (secondary N) is 1. The molecule has 9 heteroatoms. The third-order valence-corrected chi connectivity index (χ3v) is 4.25. The highest BCUT2D eigenvalue weighted by molar-refractivity contribution is 6.00. The molecule has 0 fully saturated rings. The Kier molecular flexibility index (Phi) is 7.11. The first-order chi connectivity index (χ1) is 13.7. The number of hydrogen-bond donors (Lipinski definition) is 3. The number of nitrogens with zero attached hydrogens (tertiary/aromatic N) is 3. The number of aromatic nitrogens is 2. The Hall–Kier alpha value is -3.20. The molecule has 0 bridgehead atoms. The Morgan fingerprint density at radius 2 is 1.86 bits per heavy atom. The summed E-state index contributed by atoms with van der Waals surface area (Å²) in [5.41, 5.74) is 8.38. The van der Waals surface area contributed by atoms with Gasteiger partial charge in [0, 0.05) is 5.69 Å². The molecular formula is C20H28N6O3. The van der Waals surface area contributed by atoms with Crippen molar-refractivity contribution >= 4 is 29.6 Å². The molecule has 156 valence electrons. The van der Waals surface area contributed by atoms with Gasteiger partial charge in [0.05, 0.1) is 6.61 Å². The van der Waals surface area contributed by atoms with E-state index >= 15 is 0 Å². The van der Waals surface area contributed by atoms with Crippen molar-refractivity contribution in [2.45, 2.75) is 40.7 Å². The molecule has 9 nitrogen and oxygen atoms in total. The predicted octanol–water partition coefficient (Wildman–Crippen LogP) is 2.24. The van der Waals surface area contributed by atoms with E-state index in [9.17, 15) is 9.59 Å². The quantitative estimate of drug-likeness (QED) is 0.331. The Bertz CT molecular complexity index is 880. The van der Waals surface area contributed by atoms with Gasteiger partial charge in [-0.2, -0.15) is 9.97 Å². The molecule has 0 aliphatic rings. The number of hydrazine groups is 1. The molecule has 0 spiro atoms. The highest BCUT2D eigenvalue weighted by Crippen LogP contribution is 2.29. The van der Waals surface area contributed by atoms with Crippen LogP contribution in [0, 0.1) is 19.8 Å². The number of aryl methyl sites for hydroxylation is 2. The monoisotopic (exact) mass is 400 g/mol. The third-order valence-electron chi connectivity index (χ3n) is 4.25. The van der Waals surface area contributed by atoms with Gasteiger partial charge in [-0.3, -0.25) is 9.80 Å². The third kappa shape index (κ3) is 5.20. The number of primary amides is 1. The van der Waals surface area contributed by atoms with Crippen molar-refractivity contribution in [1.29, 1.82) is 0 Å². The Morgan fingerprint density at radius 1 is 1.24 bits per heavy atom. The molecule has 5 N–H and O–H groups in total. The van der Waals surface area contributed by atoms with E-state index in [1.807, 2.05) is 45.9 Å². The van der Waals surface area contributed by atoms with Crippen LogP contribution >= 0.6 is 0 Å². The molecule has 2 rings (SSSR count). The lowest BCUT2D eigenvalue weighted by Gasteiger charge is -2.27. The average molecular weight is 400 g/mol. The minimum atomic E-state index is -0.744. The number of carbonyl (C=O) groups excluding carboxylic acids is 2. The number of aldehydes is 1. The van der Waals surface area contributed by atoms with Gasteiger partial charge >= 0.3 is 0 Å². The largest absolute Gasteiger partial charge is 0.477 e. The van der Waals surface area contributed by atoms with Crippen LogP contribution in [-0.2, 0) is 4.79 Å². The van der Waals surface area contributed by atoms with Crippen LogP contribution in [0.5, 0.6) is 5.88 Å². The zero-order valence-corrected chi connectivity index (χ0v) is 17.4. The molecule has 0 aliphatic carbocycles. The summed E-state index contributed by atoms with van der Waals surface area (Å²) in [7, 11) is 0. The van der Waals surface area contributed by atoms with Gasteiger partial charge in [0.15, 0.2) is 5.82 Å². The fraction of sp³-hybridized carbons (Fsp3) is 0.400. The van der Waals surface area contributed by atoms with Gasteiger partial charge < -0.3 is 20.6 Å². The fourth-order valence-corrected chi connectivity index (χ4v) is 2.96. The van der Waals surface area contributed by atoms with Crippen LogP contribution in [-0.4, -0.2) is 34.8 Å². The number of ether oxygens (including phenoxy) is 1. The Balaban J connectivity index is 2.63. The summed E-state index contributed by atoms with van der Waals surface area (Å²) < 4.78 is 5.53. The molecule has 1 amide bonds. The van der Waals surface area contributed by atoms with Gasteiger partial charge in [-0.1, -0.05) is 19.9 Å². The maximum absolute atomic E-state index is 12.1. The molecular weight excluding hydrogens is 372 g/mol. The van der Waals surface area contributed by atoms with Crippen LogP contribution in [0.3, 0.4) is 0 Å². The van der Waals surface area contributed by atoms with Crippen LogP contribution < -0.4 is 26.6 Å². The lowest BCUT2D eigenvalue weighted by atomic mass is 10.1. The van der Waals surface area contributed by atoms with Crippen molar-refractivity contribution in [3.8, 4) is 5.88 Å². The van der Waals surface area contributed by atoms with Crippen molar-refractivity contribution in [2.75, 3.05) is 16.9 Å². The Labute approximate surface area is 170 Å². The van der Waals surface area contributed by atoms with Gasteiger partial charge in [-0.05, 0) is 49.9 Å². The molecule has 2 aromatic rings. The van der Waals surface area contributed by atoms with E-state index in [0.29, 0.717) is 0 Å². The lowest BCUT2D eigenvalue weighted by molar-refractivity contribution is -0.109. The second-order valence-corrected chi connectivity index (χ2v) is 7.13. The van der Waals surface area contributed by atoms with Crippen LogP contribution in [0.2, 0.25) is 0 Å². The topological polar surface area (TPSA) is 136 Å².